The third-order valence-corrected chi connectivity index (χ3v) is 5.05. The Kier molecular flexibility index (Phi) is 8.11. The fourth-order valence-corrected chi connectivity index (χ4v) is 3.27. The quantitative estimate of drug-likeness (QED) is 0.529. The Morgan fingerprint density at radius 2 is 1.61 bits per heavy atom. The first-order valence-electron chi connectivity index (χ1n) is 8.71. The van der Waals surface area contributed by atoms with E-state index >= 15 is 0 Å². The highest BCUT2D eigenvalue weighted by Crippen LogP contribution is 2.29. The number of aromatic nitrogens is 1. The second-order valence-corrected chi connectivity index (χ2v) is 7.35. The molecule has 1 aromatic heterocycles. The number of carbonyl (C=O) groups is 1. The van der Waals surface area contributed by atoms with Crippen LogP contribution >= 0.6 is 0 Å². The maximum atomic E-state index is 12.6. The number of nitrogens with zero attached hydrogens (tertiary/aromatic N) is 1. The predicted octanol–water partition coefficient (Wildman–Crippen LogP) is 3.73. The Morgan fingerprint density at radius 3 is 2.19 bits per heavy atom. The lowest BCUT2D eigenvalue weighted by Gasteiger charge is -2.10. The van der Waals surface area contributed by atoms with Gasteiger partial charge in [0.15, 0.2) is 0 Å². The van der Waals surface area contributed by atoms with E-state index in [-0.39, 0.29) is 10.4 Å². The molecule has 0 saturated heterocycles. The number of rotatable bonds is 6. The Hall–Kier alpha value is -3.44. The monoisotopic (exact) mass is 452 g/mol. The van der Waals surface area contributed by atoms with Crippen molar-refractivity contribution in [2.45, 2.75) is 17.6 Å². The summed E-state index contributed by atoms with van der Waals surface area (Å²) in [6.07, 6.45) is -1.15. The standard InChI is InChI=1S/C20H17F3N4O2S.H2O/c21-20(22,23)15-3-9-18(10-4-15)30(29)27-17-7-5-16(6-8-17)26-19(28)25-13-14-2-1-11-24-12-14;/h1-12,27H,13H2,(H2,25,26,28);1H2. The zero-order chi connectivity index (χ0) is 21.6. The fourth-order valence-electron chi connectivity index (χ4n) is 2.42. The molecule has 164 valence electrons. The summed E-state index contributed by atoms with van der Waals surface area (Å²) in [6.45, 7) is 0.325. The molecule has 0 saturated carbocycles. The zero-order valence-electron chi connectivity index (χ0n) is 15.9. The van der Waals surface area contributed by atoms with Gasteiger partial charge in [-0.2, -0.15) is 13.2 Å². The molecule has 3 aromatic rings. The van der Waals surface area contributed by atoms with Crippen LogP contribution in [0, 0.1) is 0 Å². The fraction of sp³-hybridized carbons (Fsp3) is 0.100. The zero-order valence-corrected chi connectivity index (χ0v) is 16.8. The summed E-state index contributed by atoms with van der Waals surface area (Å²) in [5, 5.41) is 5.36. The molecule has 0 spiro atoms. The van der Waals surface area contributed by atoms with Crippen molar-refractivity contribution in [2.24, 2.45) is 0 Å². The van der Waals surface area contributed by atoms with E-state index in [0.29, 0.717) is 17.9 Å². The normalized spacial score (nSPS) is 11.7. The minimum Gasteiger partial charge on any atom is -0.412 e. The van der Waals surface area contributed by atoms with Crippen molar-refractivity contribution in [2.75, 3.05) is 10.0 Å². The molecule has 7 nitrogen and oxygen atoms in total. The van der Waals surface area contributed by atoms with Gasteiger partial charge in [-0.25, -0.2) is 9.00 Å². The number of hydrogen-bond donors (Lipinski definition) is 3. The van der Waals surface area contributed by atoms with Crippen molar-refractivity contribution >= 4 is 28.4 Å². The molecule has 2 aromatic carbocycles. The van der Waals surface area contributed by atoms with E-state index in [1.54, 1.807) is 42.7 Å². The van der Waals surface area contributed by atoms with Crippen LogP contribution in [0.3, 0.4) is 0 Å². The van der Waals surface area contributed by atoms with E-state index in [4.69, 9.17) is 0 Å². The van der Waals surface area contributed by atoms with Crippen molar-refractivity contribution in [3.05, 3.63) is 84.2 Å². The maximum Gasteiger partial charge on any atom is 0.416 e. The van der Waals surface area contributed by atoms with Gasteiger partial charge in [0.25, 0.3) is 0 Å². The van der Waals surface area contributed by atoms with Crippen molar-refractivity contribution in [3.63, 3.8) is 0 Å². The SMILES string of the molecule is O.O=C(NCc1cccnc1)Nc1ccc(NS(=O)c2ccc(C(F)(F)F)cc2)cc1. The van der Waals surface area contributed by atoms with Crippen LogP contribution in [0.4, 0.5) is 29.3 Å². The lowest BCUT2D eigenvalue weighted by molar-refractivity contribution is -0.137. The number of hydrogen-bond acceptors (Lipinski definition) is 3. The molecule has 0 aliphatic carbocycles. The van der Waals surface area contributed by atoms with Gasteiger partial charge in [-0.3, -0.25) is 4.98 Å². The first kappa shape index (κ1) is 23.8. The average molecular weight is 452 g/mol. The number of benzene rings is 2. The maximum absolute atomic E-state index is 12.6. The highest BCUT2D eigenvalue weighted by molar-refractivity contribution is 7.86. The molecule has 1 atom stereocenters. The average Bonchev–Trinajstić information content (AvgIpc) is 2.74. The highest BCUT2D eigenvalue weighted by Gasteiger charge is 2.30. The molecule has 3 rings (SSSR count). The predicted molar refractivity (Wildman–Crippen MR) is 112 cm³/mol. The molecule has 31 heavy (non-hydrogen) atoms. The van der Waals surface area contributed by atoms with E-state index in [9.17, 15) is 22.2 Å². The minimum absolute atomic E-state index is 0. The lowest BCUT2D eigenvalue weighted by Crippen LogP contribution is -2.28. The summed E-state index contributed by atoms with van der Waals surface area (Å²) in [7, 11) is -1.73. The molecule has 2 amide bonds. The molecule has 0 bridgehead atoms. The Bertz CT molecular complexity index is 1010. The number of urea groups is 1. The number of halogens is 3. The summed E-state index contributed by atoms with van der Waals surface area (Å²) in [6, 6.07) is 13.7. The van der Waals surface area contributed by atoms with Gasteiger partial charge in [-0.1, -0.05) is 6.07 Å². The van der Waals surface area contributed by atoms with E-state index in [0.717, 1.165) is 29.8 Å². The van der Waals surface area contributed by atoms with Crippen LogP contribution in [0.1, 0.15) is 11.1 Å². The number of carbonyl (C=O) groups excluding carboxylic acids is 1. The van der Waals surface area contributed by atoms with E-state index < -0.39 is 28.8 Å². The second kappa shape index (κ2) is 10.5. The van der Waals surface area contributed by atoms with Gasteiger partial charge in [-0.15, -0.1) is 0 Å². The van der Waals surface area contributed by atoms with Gasteiger partial charge in [-0.05, 0) is 60.2 Å². The van der Waals surface area contributed by atoms with Gasteiger partial charge in [0.05, 0.1) is 10.5 Å². The van der Waals surface area contributed by atoms with Crippen molar-refractivity contribution in [1.29, 1.82) is 0 Å². The lowest BCUT2D eigenvalue weighted by atomic mass is 10.2. The number of pyridine rings is 1. The van der Waals surface area contributed by atoms with Crippen LogP contribution < -0.4 is 15.4 Å². The number of amides is 2. The molecule has 1 unspecified atom stereocenters. The van der Waals surface area contributed by atoms with Crippen LogP contribution in [0.25, 0.3) is 0 Å². The first-order chi connectivity index (χ1) is 14.3. The summed E-state index contributed by atoms with van der Waals surface area (Å²) in [5.41, 5.74) is 1.05. The van der Waals surface area contributed by atoms with Gasteiger partial charge in [0.2, 0.25) is 0 Å². The van der Waals surface area contributed by atoms with Crippen LogP contribution in [0.5, 0.6) is 0 Å². The first-order valence-corrected chi connectivity index (χ1v) is 9.86. The third-order valence-electron chi connectivity index (χ3n) is 3.92. The molecule has 1 heterocycles. The summed E-state index contributed by atoms with van der Waals surface area (Å²) in [4.78, 5) is 16.1. The number of alkyl halides is 3. The minimum atomic E-state index is -4.44. The molecule has 0 aliphatic heterocycles. The smallest absolute Gasteiger partial charge is 0.412 e. The summed E-state index contributed by atoms with van der Waals surface area (Å²) < 4.78 is 52.8. The van der Waals surface area contributed by atoms with Crippen molar-refractivity contribution < 1.29 is 27.7 Å². The molecule has 0 fully saturated rings. The molecule has 0 aliphatic rings. The van der Waals surface area contributed by atoms with Crippen molar-refractivity contribution in [3.8, 4) is 0 Å². The van der Waals surface area contributed by atoms with Crippen LogP contribution in [0.15, 0.2) is 78.0 Å². The van der Waals surface area contributed by atoms with E-state index in [1.807, 2.05) is 6.07 Å². The Balaban J connectivity index is 0.00000341. The largest absolute Gasteiger partial charge is 0.416 e. The van der Waals surface area contributed by atoms with Crippen molar-refractivity contribution in [1.82, 2.24) is 10.3 Å². The summed E-state index contributed by atoms with van der Waals surface area (Å²) >= 11 is 0. The molecular formula is C20H19F3N4O3S. The van der Waals surface area contributed by atoms with E-state index in [2.05, 4.69) is 20.3 Å². The van der Waals surface area contributed by atoms with Crippen LogP contribution in [0.2, 0.25) is 0 Å². The molecule has 5 N–H and O–H groups in total. The molecule has 11 heteroatoms. The number of anilines is 2. The summed E-state index contributed by atoms with van der Waals surface area (Å²) in [5.74, 6) is 0. The topological polar surface area (TPSA) is 115 Å². The van der Waals surface area contributed by atoms with Crippen LogP contribution in [-0.4, -0.2) is 20.7 Å². The van der Waals surface area contributed by atoms with Crippen LogP contribution in [-0.2, 0) is 23.7 Å². The number of nitrogens with one attached hydrogen (secondary N) is 3. The molecular weight excluding hydrogens is 433 g/mol. The van der Waals surface area contributed by atoms with Gasteiger partial charge in [0, 0.05) is 30.3 Å². The van der Waals surface area contributed by atoms with Gasteiger partial charge in [0.1, 0.15) is 11.0 Å². The Labute approximate surface area is 178 Å². The second-order valence-electron chi connectivity index (χ2n) is 6.14. The third kappa shape index (κ3) is 7.08. The molecule has 0 radical (unpaired) electrons. The van der Waals surface area contributed by atoms with E-state index in [1.165, 1.54) is 0 Å². The van der Waals surface area contributed by atoms with Gasteiger partial charge >= 0.3 is 12.2 Å². The highest BCUT2D eigenvalue weighted by atomic mass is 32.2. The Morgan fingerprint density at radius 1 is 0.968 bits per heavy atom. The van der Waals surface area contributed by atoms with Gasteiger partial charge < -0.3 is 20.8 Å².